The topological polar surface area (TPSA) is 68.8 Å². The van der Waals surface area contributed by atoms with E-state index in [-0.39, 0.29) is 0 Å². The Balaban J connectivity index is 1.87. The maximum atomic E-state index is 5.46. The van der Waals surface area contributed by atoms with E-state index in [4.69, 9.17) is 4.52 Å². The summed E-state index contributed by atoms with van der Waals surface area (Å²) in [5.74, 6) is 1.84. The van der Waals surface area contributed by atoms with E-state index in [0.717, 1.165) is 56.1 Å². The van der Waals surface area contributed by atoms with Gasteiger partial charge in [0.2, 0.25) is 0 Å². The molecule has 0 atom stereocenters. The molecule has 6 heteroatoms. The van der Waals surface area contributed by atoms with Crippen LogP contribution >= 0.6 is 0 Å². The third-order valence-corrected chi connectivity index (χ3v) is 3.86. The van der Waals surface area contributed by atoms with Gasteiger partial charge in [-0.25, -0.2) is 0 Å². The van der Waals surface area contributed by atoms with Crippen molar-refractivity contribution in [2.75, 3.05) is 13.1 Å². The van der Waals surface area contributed by atoms with Crippen LogP contribution in [0, 0.1) is 0 Å². The zero-order valence-electron chi connectivity index (χ0n) is 12.1. The van der Waals surface area contributed by atoms with Crippen molar-refractivity contribution in [2.45, 2.75) is 45.6 Å². The average molecular weight is 275 g/mol. The molecule has 0 radical (unpaired) electrons. The van der Waals surface area contributed by atoms with Crippen LogP contribution in [0.15, 0.2) is 10.6 Å². The van der Waals surface area contributed by atoms with E-state index in [2.05, 4.69) is 34.4 Å². The van der Waals surface area contributed by atoms with Crippen LogP contribution in [0.25, 0.3) is 11.6 Å². The van der Waals surface area contributed by atoms with Gasteiger partial charge in [-0.1, -0.05) is 12.1 Å². The number of hydrogen-bond donors (Lipinski definition) is 1. The van der Waals surface area contributed by atoms with Gasteiger partial charge in [-0.2, -0.15) is 10.1 Å². The molecule has 0 unspecified atom stereocenters. The molecule has 2 aromatic heterocycles. The number of aromatic nitrogens is 4. The lowest BCUT2D eigenvalue weighted by Crippen LogP contribution is -2.27. The fourth-order valence-corrected chi connectivity index (χ4v) is 2.64. The monoisotopic (exact) mass is 275 g/mol. The van der Waals surface area contributed by atoms with Gasteiger partial charge in [0, 0.05) is 12.5 Å². The standard InChI is InChI=1S/C14H21N5O/c1-3-11-9-12(19(4-2)17-11)14-16-13(18-20-14)10-5-7-15-8-6-10/h9-10,15H,3-8H2,1-2H3. The van der Waals surface area contributed by atoms with Crippen molar-refractivity contribution in [1.82, 2.24) is 25.2 Å². The van der Waals surface area contributed by atoms with Gasteiger partial charge in [-0.15, -0.1) is 0 Å². The number of piperidine rings is 1. The van der Waals surface area contributed by atoms with E-state index in [0.29, 0.717) is 11.8 Å². The number of nitrogens with one attached hydrogen (secondary N) is 1. The van der Waals surface area contributed by atoms with E-state index in [1.807, 2.05) is 10.7 Å². The zero-order chi connectivity index (χ0) is 13.9. The Morgan fingerprint density at radius 1 is 1.35 bits per heavy atom. The molecule has 108 valence electrons. The number of nitrogens with zero attached hydrogens (tertiary/aromatic N) is 4. The van der Waals surface area contributed by atoms with E-state index in [9.17, 15) is 0 Å². The lowest BCUT2D eigenvalue weighted by molar-refractivity contribution is 0.390. The van der Waals surface area contributed by atoms with Gasteiger partial charge in [-0.05, 0) is 45.3 Å². The fraction of sp³-hybridized carbons (Fsp3) is 0.643. The first-order valence-corrected chi connectivity index (χ1v) is 7.43. The van der Waals surface area contributed by atoms with Gasteiger partial charge in [0.1, 0.15) is 5.69 Å². The Morgan fingerprint density at radius 2 is 2.15 bits per heavy atom. The minimum atomic E-state index is 0.414. The Bertz CT molecular complexity index is 568. The summed E-state index contributed by atoms with van der Waals surface area (Å²) >= 11 is 0. The fourth-order valence-electron chi connectivity index (χ4n) is 2.64. The van der Waals surface area contributed by atoms with Gasteiger partial charge in [0.25, 0.3) is 5.89 Å². The predicted molar refractivity (Wildman–Crippen MR) is 75.4 cm³/mol. The van der Waals surface area contributed by atoms with Crippen LogP contribution in [-0.4, -0.2) is 33.0 Å². The maximum Gasteiger partial charge on any atom is 0.276 e. The van der Waals surface area contributed by atoms with Gasteiger partial charge in [-0.3, -0.25) is 4.68 Å². The number of aryl methyl sites for hydroxylation is 2. The van der Waals surface area contributed by atoms with Gasteiger partial charge in [0.15, 0.2) is 5.82 Å². The van der Waals surface area contributed by atoms with Gasteiger partial charge in [0.05, 0.1) is 5.69 Å². The molecule has 3 rings (SSSR count). The first-order chi connectivity index (χ1) is 9.81. The molecule has 1 aliphatic heterocycles. The Morgan fingerprint density at radius 3 is 2.85 bits per heavy atom. The molecule has 6 nitrogen and oxygen atoms in total. The van der Waals surface area contributed by atoms with Crippen molar-refractivity contribution < 1.29 is 4.52 Å². The van der Waals surface area contributed by atoms with Crippen molar-refractivity contribution in [3.8, 4) is 11.6 Å². The second-order valence-electron chi connectivity index (χ2n) is 5.17. The second kappa shape index (κ2) is 5.75. The van der Waals surface area contributed by atoms with E-state index in [1.165, 1.54) is 0 Å². The summed E-state index contributed by atoms with van der Waals surface area (Å²) in [6.45, 7) is 7.03. The molecule has 0 saturated carbocycles. The van der Waals surface area contributed by atoms with Crippen LogP contribution in [0.1, 0.15) is 44.1 Å². The molecule has 1 saturated heterocycles. The number of rotatable bonds is 4. The predicted octanol–water partition coefficient (Wildman–Crippen LogP) is 1.98. The van der Waals surface area contributed by atoms with E-state index < -0.39 is 0 Å². The minimum Gasteiger partial charge on any atom is -0.332 e. The Hall–Kier alpha value is -1.69. The molecule has 1 N–H and O–H groups in total. The van der Waals surface area contributed by atoms with Crippen LogP contribution in [-0.2, 0) is 13.0 Å². The number of hydrogen-bond acceptors (Lipinski definition) is 5. The molecular weight excluding hydrogens is 254 g/mol. The second-order valence-corrected chi connectivity index (χ2v) is 5.17. The molecular formula is C14H21N5O. The molecule has 3 heterocycles. The molecule has 1 aliphatic rings. The Labute approximate surface area is 118 Å². The third kappa shape index (κ3) is 2.47. The molecule has 2 aromatic rings. The SMILES string of the molecule is CCc1cc(-c2nc(C3CCNCC3)no2)n(CC)n1. The highest BCUT2D eigenvalue weighted by Gasteiger charge is 2.22. The van der Waals surface area contributed by atoms with Crippen molar-refractivity contribution >= 4 is 0 Å². The van der Waals surface area contributed by atoms with Crippen molar-refractivity contribution in [3.63, 3.8) is 0 Å². The van der Waals surface area contributed by atoms with E-state index >= 15 is 0 Å². The summed E-state index contributed by atoms with van der Waals surface area (Å²) in [5, 5.41) is 12.0. The lowest BCUT2D eigenvalue weighted by Gasteiger charge is -2.18. The lowest BCUT2D eigenvalue weighted by atomic mass is 9.98. The first-order valence-electron chi connectivity index (χ1n) is 7.43. The van der Waals surface area contributed by atoms with Crippen LogP contribution in [0.4, 0.5) is 0 Å². The highest BCUT2D eigenvalue weighted by atomic mass is 16.5. The zero-order valence-corrected chi connectivity index (χ0v) is 12.1. The summed E-state index contributed by atoms with van der Waals surface area (Å²) in [6, 6.07) is 2.04. The first kappa shape index (κ1) is 13.3. The highest BCUT2D eigenvalue weighted by molar-refractivity contribution is 5.48. The quantitative estimate of drug-likeness (QED) is 0.924. The molecule has 0 spiro atoms. The molecule has 0 aromatic carbocycles. The maximum absolute atomic E-state index is 5.46. The average Bonchev–Trinajstić information content (AvgIpc) is 3.14. The van der Waals surface area contributed by atoms with Crippen molar-refractivity contribution in [2.24, 2.45) is 0 Å². The summed E-state index contributed by atoms with van der Waals surface area (Å²) in [5.41, 5.74) is 1.99. The van der Waals surface area contributed by atoms with Gasteiger partial charge < -0.3 is 9.84 Å². The summed E-state index contributed by atoms with van der Waals surface area (Å²) in [7, 11) is 0. The molecule has 0 aliphatic carbocycles. The largest absolute Gasteiger partial charge is 0.332 e. The normalized spacial score (nSPS) is 16.7. The van der Waals surface area contributed by atoms with Crippen LogP contribution in [0.3, 0.4) is 0 Å². The van der Waals surface area contributed by atoms with E-state index in [1.54, 1.807) is 0 Å². The highest BCUT2D eigenvalue weighted by Crippen LogP contribution is 2.26. The molecule has 0 amide bonds. The van der Waals surface area contributed by atoms with Gasteiger partial charge >= 0.3 is 0 Å². The smallest absolute Gasteiger partial charge is 0.276 e. The van der Waals surface area contributed by atoms with Crippen LogP contribution < -0.4 is 5.32 Å². The third-order valence-electron chi connectivity index (χ3n) is 3.86. The van der Waals surface area contributed by atoms with Crippen LogP contribution in [0.5, 0.6) is 0 Å². The van der Waals surface area contributed by atoms with Crippen molar-refractivity contribution in [3.05, 3.63) is 17.6 Å². The molecule has 1 fully saturated rings. The molecule has 0 bridgehead atoms. The van der Waals surface area contributed by atoms with Crippen LogP contribution in [0.2, 0.25) is 0 Å². The molecule has 20 heavy (non-hydrogen) atoms. The minimum absolute atomic E-state index is 0.414. The van der Waals surface area contributed by atoms with Crippen molar-refractivity contribution in [1.29, 1.82) is 0 Å². The summed E-state index contributed by atoms with van der Waals surface area (Å²) < 4.78 is 7.39. The summed E-state index contributed by atoms with van der Waals surface area (Å²) in [6.07, 6.45) is 3.06. The Kier molecular flexibility index (Phi) is 3.82. The summed E-state index contributed by atoms with van der Waals surface area (Å²) in [4.78, 5) is 4.59.